The number of rotatable bonds is 3. The number of benzene rings is 1. The molecule has 1 heterocycles. The monoisotopic (exact) mass is 188 g/mol. The van der Waals surface area contributed by atoms with Crippen LogP contribution < -0.4 is 0 Å². The molecule has 0 fully saturated rings. The Balaban J connectivity index is 2.38. The van der Waals surface area contributed by atoms with Gasteiger partial charge in [-0.3, -0.25) is 0 Å². The zero-order valence-electron chi connectivity index (χ0n) is 9.16. The molecule has 2 nitrogen and oxygen atoms in total. The van der Waals surface area contributed by atoms with E-state index in [4.69, 9.17) is 5.89 Å². The van der Waals surface area contributed by atoms with E-state index in [9.17, 15) is 0 Å². The van der Waals surface area contributed by atoms with E-state index < -0.39 is 0 Å². The Kier molecular flexibility index (Phi) is 2.28. The van der Waals surface area contributed by atoms with Crippen LogP contribution in [-0.4, -0.2) is 5.16 Å². The Bertz CT molecular complexity index is 436. The Labute approximate surface area is 85.0 Å². The molecule has 0 aliphatic rings. The first-order valence-corrected chi connectivity index (χ1v) is 4.83. The molecule has 0 spiro atoms. The van der Waals surface area contributed by atoms with E-state index in [2.05, 4.69) is 12.1 Å². The number of nitrogens with zero attached hydrogens (tertiary/aromatic N) is 1. The number of hydrogen-bond acceptors (Lipinski definition) is 2. The van der Waals surface area contributed by atoms with E-state index in [1.165, 1.54) is 0 Å². The first kappa shape index (κ1) is 7.80. The molecular formula is C12H13NO. The molecule has 0 bridgehead atoms. The largest absolute Gasteiger partial charge is 0.361 e. The van der Waals surface area contributed by atoms with Gasteiger partial charge in [0.2, 0.25) is 0 Å². The zero-order chi connectivity index (χ0) is 10.7. The highest BCUT2D eigenvalue weighted by molar-refractivity contribution is 5.58. The minimum Gasteiger partial charge on any atom is -0.361 e. The minimum atomic E-state index is 0.419. The maximum atomic E-state index is 7.91. The summed E-state index contributed by atoms with van der Waals surface area (Å²) in [5.41, 5.74) is 1.58. The lowest BCUT2D eigenvalue weighted by Crippen LogP contribution is -1.76. The predicted octanol–water partition coefficient (Wildman–Crippen LogP) is 3.29. The molecule has 1 aromatic carbocycles. The molecule has 2 aromatic rings. The molecule has 0 aliphatic heterocycles. The van der Waals surface area contributed by atoms with Crippen LogP contribution in [0, 0.1) is 0 Å². The van der Waals surface area contributed by atoms with Crippen molar-refractivity contribution in [1.82, 2.24) is 5.16 Å². The normalized spacial score (nSPS) is 11.4. The van der Waals surface area contributed by atoms with E-state index in [1.807, 2.05) is 30.3 Å². The van der Waals surface area contributed by atoms with Crippen LogP contribution >= 0.6 is 0 Å². The van der Waals surface area contributed by atoms with Crippen molar-refractivity contribution >= 4 is 0 Å². The minimum absolute atomic E-state index is 0.419. The molecule has 0 aliphatic carbocycles. The van der Waals surface area contributed by atoms with Gasteiger partial charge >= 0.3 is 0 Å². The van der Waals surface area contributed by atoms with Crippen LogP contribution in [-0.2, 0) is 6.42 Å². The summed E-state index contributed by atoms with van der Waals surface area (Å²) in [5, 5.41) is 3.94. The summed E-state index contributed by atoms with van der Waals surface area (Å²) < 4.78 is 13.1. The third-order valence-corrected chi connectivity index (χ3v) is 2.03. The molecule has 0 N–H and O–H groups in total. The predicted molar refractivity (Wildman–Crippen MR) is 55.9 cm³/mol. The summed E-state index contributed by atoms with van der Waals surface area (Å²) in [6, 6.07) is 10.1. The summed E-state index contributed by atoms with van der Waals surface area (Å²) in [6.07, 6.45) is 1.74. The smallest absolute Gasteiger partial charge is 0.137 e. The van der Waals surface area contributed by atoms with Crippen molar-refractivity contribution in [2.24, 2.45) is 0 Å². The lowest BCUT2D eigenvalue weighted by Gasteiger charge is -1.91. The first-order valence-electron chi connectivity index (χ1n) is 5.33. The van der Waals surface area contributed by atoms with Crippen LogP contribution in [0.3, 0.4) is 0 Å². The van der Waals surface area contributed by atoms with Gasteiger partial charge in [0.05, 0.1) is 1.37 Å². The molecule has 2 rings (SSSR count). The Morgan fingerprint density at radius 3 is 2.86 bits per heavy atom. The van der Waals surface area contributed by atoms with Gasteiger partial charge in [-0.15, -0.1) is 0 Å². The SMILES string of the molecule is [2H]c1c(-c2ccccc2)noc1CCC. The van der Waals surface area contributed by atoms with Crippen molar-refractivity contribution in [2.45, 2.75) is 19.8 Å². The second-order valence-electron chi connectivity index (χ2n) is 3.20. The molecule has 72 valence electrons. The Morgan fingerprint density at radius 1 is 1.36 bits per heavy atom. The highest BCUT2D eigenvalue weighted by Gasteiger charge is 2.04. The van der Waals surface area contributed by atoms with Crippen molar-refractivity contribution < 1.29 is 5.89 Å². The average molecular weight is 188 g/mol. The summed E-state index contributed by atoms with van der Waals surface area (Å²) in [4.78, 5) is 0. The van der Waals surface area contributed by atoms with Crippen molar-refractivity contribution in [3.8, 4) is 11.3 Å². The Hall–Kier alpha value is -1.57. The van der Waals surface area contributed by atoms with Crippen molar-refractivity contribution in [3.63, 3.8) is 0 Å². The fourth-order valence-corrected chi connectivity index (χ4v) is 1.33. The van der Waals surface area contributed by atoms with Crippen LogP contribution in [0.2, 0.25) is 0 Å². The van der Waals surface area contributed by atoms with E-state index in [1.54, 1.807) is 0 Å². The van der Waals surface area contributed by atoms with Gasteiger partial charge in [-0.2, -0.15) is 0 Å². The van der Waals surface area contributed by atoms with Gasteiger partial charge in [0.1, 0.15) is 11.5 Å². The molecule has 0 amide bonds. The van der Waals surface area contributed by atoms with Gasteiger partial charge in [0.15, 0.2) is 0 Å². The van der Waals surface area contributed by atoms with Crippen LogP contribution in [0.4, 0.5) is 0 Å². The van der Waals surface area contributed by atoms with Gasteiger partial charge < -0.3 is 4.52 Å². The highest BCUT2D eigenvalue weighted by atomic mass is 16.5. The molecule has 0 radical (unpaired) electrons. The van der Waals surface area contributed by atoms with E-state index in [0.717, 1.165) is 18.4 Å². The van der Waals surface area contributed by atoms with Crippen LogP contribution in [0.5, 0.6) is 0 Å². The number of aromatic nitrogens is 1. The van der Waals surface area contributed by atoms with Crippen molar-refractivity contribution in [2.75, 3.05) is 0 Å². The topological polar surface area (TPSA) is 26.0 Å². The van der Waals surface area contributed by atoms with Gasteiger partial charge in [-0.25, -0.2) is 0 Å². The van der Waals surface area contributed by atoms with Crippen LogP contribution in [0.1, 0.15) is 20.5 Å². The summed E-state index contributed by atoms with van der Waals surface area (Å²) in [5.74, 6) is 0.677. The summed E-state index contributed by atoms with van der Waals surface area (Å²) in [6.45, 7) is 2.06. The molecule has 0 unspecified atom stereocenters. The maximum Gasteiger partial charge on any atom is 0.137 e. The first-order chi connectivity index (χ1) is 7.33. The molecule has 0 atom stereocenters. The molecule has 0 saturated heterocycles. The average Bonchev–Trinajstić information content (AvgIpc) is 2.63. The third kappa shape index (κ3) is 1.84. The fourth-order valence-electron chi connectivity index (χ4n) is 1.33. The van der Waals surface area contributed by atoms with Gasteiger partial charge in [0, 0.05) is 18.0 Å². The van der Waals surface area contributed by atoms with Crippen LogP contribution in [0.25, 0.3) is 11.3 Å². The lowest BCUT2D eigenvalue weighted by atomic mass is 10.1. The van der Waals surface area contributed by atoms with Gasteiger partial charge in [-0.1, -0.05) is 42.4 Å². The molecular weight excluding hydrogens is 174 g/mol. The van der Waals surface area contributed by atoms with E-state index in [-0.39, 0.29) is 0 Å². The molecule has 0 saturated carbocycles. The number of aryl methyl sites for hydroxylation is 1. The fraction of sp³-hybridized carbons (Fsp3) is 0.250. The summed E-state index contributed by atoms with van der Waals surface area (Å²) in [7, 11) is 0. The van der Waals surface area contributed by atoms with E-state index in [0.29, 0.717) is 17.5 Å². The lowest BCUT2D eigenvalue weighted by molar-refractivity contribution is 0.384. The zero-order valence-corrected chi connectivity index (χ0v) is 8.16. The second kappa shape index (κ2) is 4.09. The molecule has 1 aromatic heterocycles. The van der Waals surface area contributed by atoms with Crippen molar-refractivity contribution in [1.29, 1.82) is 0 Å². The standard InChI is InChI=1S/C12H13NO/c1-2-6-11-9-12(13-14-11)10-7-4-3-5-8-10/h3-5,7-9H,2,6H2,1H3/i9D. The molecule has 2 heteroatoms. The summed E-state index contributed by atoms with van der Waals surface area (Å²) >= 11 is 0. The Morgan fingerprint density at radius 2 is 2.14 bits per heavy atom. The highest BCUT2D eigenvalue weighted by Crippen LogP contribution is 2.18. The van der Waals surface area contributed by atoms with Crippen LogP contribution in [0.15, 0.2) is 40.9 Å². The maximum absolute atomic E-state index is 7.91. The molecule has 14 heavy (non-hydrogen) atoms. The second-order valence-corrected chi connectivity index (χ2v) is 3.20. The van der Waals surface area contributed by atoms with Gasteiger partial charge in [-0.05, 0) is 6.42 Å². The quantitative estimate of drug-likeness (QED) is 0.738. The van der Waals surface area contributed by atoms with Crippen molar-refractivity contribution in [3.05, 3.63) is 42.1 Å². The third-order valence-electron chi connectivity index (χ3n) is 2.03. The van der Waals surface area contributed by atoms with E-state index >= 15 is 0 Å². The number of hydrogen-bond donors (Lipinski definition) is 0. The van der Waals surface area contributed by atoms with Gasteiger partial charge in [0.25, 0.3) is 0 Å².